The van der Waals surface area contributed by atoms with Crippen LogP contribution in [-0.4, -0.2) is 63.8 Å². The van der Waals surface area contributed by atoms with Gasteiger partial charge in [-0.15, -0.1) is 0 Å². The maximum absolute atomic E-state index is 13.2. The van der Waals surface area contributed by atoms with E-state index in [2.05, 4.69) is 43.2 Å². The van der Waals surface area contributed by atoms with Gasteiger partial charge in [-0.3, -0.25) is 4.79 Å². The van der Waals surface area contributed by atoms with Crippen molar-refractivity contribution in [2.24, 2.45) is 0 Å². The van der Waals surface area contributed by atoms with Crippen LogP contribution in [0.15, 0.2) is 55.0 Å². The molecule has 3 heterocycles. The van der Waals surface area contributed by atoms with Crippen LogP contribution in [-0.2, 0) is 11.8 Å². The molecular formula is C30H32N8O. The Morgan fingerprint density at radius 3 is 2.64 bits per heavy atom. The second-order valence-electron chi connectivity index (χ2n) is 10.6. The number of hydrogen-bond donors (Lipinski definition) is 1. The van der Waals surface area contributed by atoms with E-state index in [-0.39, 0.29) is 12.2 Å². The lowest BCUT2D eigenvalue weighted by molar-refractivity contribution is 0.0993. The van der Waals surface area contributed by atoms with E-state index in [1.54, 1.807) is 12.3 Å². The van der Waals surface area contributed by atoms with Gasteiger partial charge in [0, 0.05) is 43.9 Å². The molecule has 198 valence electrons. The average molecular weight is 521 g/mol. The van der Waals surface area contributed by atoms with Gasteiger partial charge in [-0.2, -0.15) is 5.26 Å². The van der Waals surface area contributed by atoms with E-state index < -0.39 is 5.41 Å². The van der Waals surface area contributed by atoms with E-state index in [9.17, 15) is 10.1 Å². The van der Waals surface area contributed by atoms with Gasteiger partial charge in [-0.05, 0) is 56.6 Å². The number of aryl methyl sites for hydroxylation is 1. The fourth-order valence-corrected chi connectivity index (χ4v) is 4.57. The minimum atomic E-state index is -0.661. The summed E-state index contributed by atoms with van der Waals surface area (Å²) in [7, 11) is 2.12. The molecule has 2 aromatic heterocycles. The van der Waals surface area contributed by atoms with Gasteiger partial charge >= 0.3 is 0 Å². The molecule has 1 aliphatic heterocycles. The standard InChI is InChI=1S/C30H32N8O/c1-20-8-9-21(15-26(39)22-6-5-7-23(16-22)30(2,3)18-31)14-24(20)35-28-27-25(33-19-34-28)17-32-29(36-27)38-12-10-37(4)11-13-38/h5-9,14,16-17,19H,10-13,15H2,1-4H3,(H,33,34,35). The summed E-state index contributed by atoms with van der Waals surface area (Å²) in [5, 5.41) is 12.9. The van der Waals surface area contributed by atoms with Crippen molar-refractivity contribution in [1.82, 2.24) is 24.8 Å². The van der Waals surface area contributed by atoms with Crippen LogP contribution < -0.4 is 10.2 Å². The summed E-state index contributed by atoms with van der Waals surface area (Å²) >= 11 is 0. The highest BCUT2D eigenvalue weighted by atomic mass is 16.1. The smallest absolute Gasteiger partial charge is 0.226 e. The molecule has 0 amide bonds. The number of aromatic nitrogens is 4. The third-order valence-electron chi connectivity index (χ3n) is 7.26. The minimum Gasteiger partial charge on any atom is -0.338 e. The summed E-state index contributed by atoms with van der Waals surface area (Å²) in [5.74, 6) is 1.26. The zero-order chi connectivity index (χ0) is 27.6. The molecule has 1 saturated heterocycles. The predicted octanol–water partition coefficient (Wildman–Crippen LogP) is 4.45. The van der Waals surface area contributed by atoms with Gasteiger partial charge in [0.05, 0.1) is 17.7 Å². The molecule has 9 heteroatoms. The molecular weight excluding hydrogens is 488 g/mol. The number of benzene rings is 2. The Labute approximate surface area is 228 Å². The SMILES string of the molecule is Cc1ccc(CC(=O)c2cccc(C(C)(C)C#N)c2)cc1Nc1ncnc2cnc(N3CCN(C)CC3)nc12. The van der Waals surface area contributed by atoms with Crippen molar-refractivity contribution in [2.45, 2.75) is 32.6 Å². The van der Waals surface area contributed by atoms with Crippen LogP contribution >= 0.6 is 0 Å². The average Bonchev–Trinajstić information content (AvgIpc) is 2.95. The number of piperazine rings is 1. The van der Waals surface area contributed by atoms with Gasteiger partial charge < -0.3 is 15.1 Å². The molecule has 5 rings (SSSR count). The van der Waals surface area contributed by atoms with Gasteiger partial charge in [0.1, 0.15) is 17.4 Å². The molecule has 39 heavy (non-hydrogen) atoms. The topological polar surface area (TPSA) is 111 Å². The number of Topliss-reactive ketones (excluding diaryl/α,β-unsaturated/α-hetero) is 1. The third kappa shape index (κ3) is 5.71. The second-order valence-corrected chi connectivity index (χ2v) is 10.6. The Hall–Kier alpha value is -4.42. The largest absolute Gasteiger partial charge is 0.338 e. The van der Waals surface area contributed by atoms with Crippen LogP contribution in [0.5, 0.6) is 0 Å². The predicted molar refractivity (Wildman–Crippen MR) is 152 cm³/mol. The second kappa shape index (κ2) is 10.8. The summed E-state index contributed by atoms with van der Waals surface area (Å²) in [4.78, 5) is 35.9. The number of rotatable bonds is 7. The quantitative estimate of drug-likeness (QED) is 0.353. The number of hydrogen-bond acceptors (Lipinski definition) is 9. The summed E-state index contributed by atoms with van der Waals surface area (Å²) in [6.07, 6.45) is 3.49. The Bertz CT molecular complexity index is 1570. The Morgan fingerprint density at radius 1 is 1.08 bits per heavy atom. The lowest BCUT2D eigenvalue weighted by Gasteiger charge is -2.32. The molecule has 0 saturated carbocycles. The van der Waals surface area contributed by atoms with Crippen molar-refractivity contribution in [1.29, 1.82) is 5.26 Å². The van der Waals surface area contributed by atoms with Gasteiger partial charge in [0.2, 0.25) is 5.95 Å². The Kier molecular flexibility index (Phi) is 7.22. The number of nitriles is 1. The van der Waals surface area contributed by atoms with Crippen LogP contribution in [0.4, 0.5) is 17.5 Å². The summed E-state index contributed by atoms with van der Waals surface area (Å²) in [6, 6.07) is 15.6. The van der Waals surface area contributed by atoms with Crippen molar-refractivity contribution in [3.8, 4) is 6.07 Å². The molecule has 9 nitrogen and oxygen atoms in total. The van der Waals surface area contributed by atoms with Gasteiger partial charge in [0.15, 0.2) is 11.6 Å². The summed E-state index contributed by atoms with van der Waals surface area (Å²) in [6.45, 7) is 9.37. The first-order valence-corrected chi connectivity index (χ1v) is 13.1. The third-order valence-corrected chi connectivity index (χ3v) is 7.26. The first kappa shape index (κ1) is 26.2. The van der Waals surface area contributed by atoms with E-state index in [0.29, 0.717) is 28.4 Å². The van der Waals surface area contributed by atoms with Crippen molar-refractivity contribution in [3.63, 3.8) is 0 Å². The zero-order valence-corrected chi connectivity index (χ0v) is 22.8. The summed E-state index contributed by atoms with van der Waals surface area (Å²) in [5.41, 5.74) is 4.82. The van der Waals surface area contributed by atoms with Crippen LogP contribution in [0.1, 0.15) is 40.9 Å². The highest BCUT2D eigenvalue weighted by Crippen LogP contribution is 2.27. The maximum atomic E-state index is 13.2. The van der Waals surface area contributed by atoms with Crippen LogP contribution in [0.3, 0.4) is 0 Å². The first-order chi connectivity index (χ1) is 18.7. The molecule has 1 fully saturated rings. The number of anilines is 3. The number of fused-ring (bicyclic) bond motifs is 1. The van der Waals surface area contributed by atoms with Crippen LogP contribution in [0.2, 0.25) is 0 Å². The molecule has 1 N–H and O–H groups in total. The fourth-order valence-electron chi connectivity index (χ4n) is 4.57. The lowest BCUT2D eigenvalue weighted by Crippen LogP contribution is -2.45. The van der Waals surface area contributed by atoms with Crippen molar-refractivity contribution < 1.29 is 4.79 Å². The molecule has 0 bridgehead atoms. The monoisotopic (exact) mass is 520 g/mol. The molecule has 0 radical (unpaired) electrons. The van der Waals surface area contributed by atoms with E-state index in [1.807, 2.05) is 57.2 Å². The maximum Gasteiger partial charge on any atom is 0.226 e. The van der Waals surface area contributed by atoms with Gasteiger partial charge in [-0.1, -0.05) is 30.3 Å². The van der Waals surface area contributed by atoms with E-state index in [4.69, 9.17) is 4.98 Å². The van der Waals surface area contributed by atoms with Crippen molar-refractivity contribution >= 4 is 34.3 Å². The number of ketones is 1. The Morgan fingerprint density at radius 2 is 1.87 bits per heavy atom. The molecule has 0 aliphatic carbocycles. The highest BCUT2D eigenvalue weighted by Gasteiger charge is 2.21. The van der Waals surface area contributed by atoms with Gasteiger partial charge in [-0.25, -0.2) is 19.9 Å². The van der Waals surface area contributed by atoms with E-state index in [1.165, 1.54) is 6.33 Å². The summed E-state index contributed by atoms with van der Waals surface area (Å²) < 4.78 is 0. The van der Waals surface area contributed by atoms with E-state index in [0.717, 1.165) is 48.6 Å². The molecule has 0 unspecified atom stereocenters. The zero-order valence-electron chi connectivity index (χ0n) is 22.8. The highest BCUT2D eigenvalue weighted by molar-refractivity contribution is 5.98. The fraction of sp³-hybridized carbons (Fsp3) is 0.333. The number of carbonyl (C=O) groups excluding carboxylic acids is 1. The Balaban J connectivity index is 1.39. The molecule has 1 aliphatic rings. The number of nitrogens with one attached hydrogen (secondary N) is 1. The van der Waals surface area contributed by atoms with Gasteiger partial charge in [0.25, 0.3) is 0 Å². The number of nitrogens with zero attached hydrogens (tertiary/aromatic N) is 7. The lowest BCUT2D eigenvalue weighted by atomic mass is 9.85. The molecule has 0 atom stereocenters. The number of likely N-dealkylation sites (N-methyl/N-ethyl adjacent to an activating group) is 1. The van der Waals surface area contributed by atoms with Crippen LogP contribution in [0, 0.1) is 18.3 Å². The molecule has 2 aromatic carbocycles. The normalized spacial score (nSPS) is 14.3. The van der Waals surface area contributed by atoms with Crippen molar-refractivity contribution in [2.75, 3.05) is 43.4 Å². The van der Waals surface area contributed by atoms with Crippen molar-refractivity contribution in [3.05, 3.63) is 77.2 Å². The van der Waals surface area contributed by atoms with Crippen LogP contribution in [0.25, 0.3) is 11.0 Å². The number of carbonyl (C=O) groups is 1. The molecule has 4 aromatic rings. The van der Waals surface area contributed by atoms with E-state index >= 15 is 0 Å². The molecule has 0 spiro atoms. The first-order valence-electron chi connectivity index (χ1n) is 13.1. The minimum absolute atomic E-state index is 0.00237.